The van der Waals surface area contributed by atoms with Crippen molar-refractivity contribution in [3.05, 3.63) is 0 Å². The lowest BCUT2D eigenvalue weighted by atomic mass is 9.80. The monoisotopic (exact) mass is 410 g/mol. The van der Waals surface area contributed by atoms with E-state index in [9.17, 15) is 27.6 Å². The third-order valence-corrected chi connectivity index (χ3v) is 5.50. The van der Waals surface area contributed by atoms with Crippen LogP contribution in [0.5, 0.6) is 0 Å². The topological polar surface area (TPSA) is 66.9 Å². The predicted molar refractivity (Wildman–Crippen MR) is 93.8 cm³/mol. The van der Waals surface area contributed by atoms with Gasteiger partial charge in [-0.05, 0) is 45.1 Å². The van der Waals surface area contributed by atoms with Crippen LogP contribution in [0, 0.1) is 5.41 Å². The molecule has 2 aliphatic heterocycles. The van der Waals surface area contributed by atoms with E-state index in [0.29, 0.717) is 24.3 Å². The summed E-state index contributed by atoms with van der Waals surface area (Å²) in [6, 6.07) is 0. The van der Waals surface area contributed by atoms with Gasteiger partial charge in [-0.3, -0.25) is 14.4 Å². The normalized spacial score (nSPS) is 20.7. The second-order valence-electron chi connectivity index (χ2n) is 7.86. The lowest BCUT2D eigenvalue weighted by Crippen LogP contribution is -2.52. The summed E-state index contributed by atoms with van der Waals surface area (Å²) in [7, 11) is 0. The summed E-state index contributed by atoms with van der Waals surface area (Å²) in [4.78, 5) is 40.2. The Kier molecular flexibility index (Phi) is 6.38. The number of hydrogen-bond acceptors (Lipinski definition) is 5. The number of rotatable bonds is 4. The fourth-order valence-corrected chi connectivity index (χ4v) is 4.28. The number of nitrogens with zero attached hydrogens (tertiary/aromatic N) is 2. The van der Waals surface area contributed by atoms with Crippen molar-refractivity contribution in [1.29, 1.82) is 0 Å². The van der Waals surface area contributed by atoms with Gasteiger partial charge in [0, 0.05) is 6.54 Å². The number of alkyl halides is 3. The minimum atomic E-state index is -4.38. The maximum Gasteiger partial charge on any atom is 0.390 e. The molecule has 2 heterocycles. The Morgan fingerprint density at radius 2 is 1.78 bits per heavy atom. The van der Waals surface area contributed by atoms with Gasteiger partial charge in [0.15, 0.2) is 0 Å². The highest BCUT2D eigenvalue weighted by Crippen LogP contribution is 2.39. The summed E-state index contributed by atoms with van der Waals surface area (Å²) in [6.07, 6.45) is -4.93. The fraction of sp³-hybridized carbons (Fsp3) is 0.824. The molecule has 2 saturated heterocycles. The van der Waals surface area contributed by atoms with Crippen molar-refractivity contribution in [2.24, 2.45) is 5.41 Å². The molecule has 0 aromatic carbocycles. The van der Waals surface area contributed by atoms with Gasteiger partial charge in [0.1, 0.15) is 17.6 Å². The SMILES string of the molecule is CC(C)(C)OC(=O)C1(C(=O)N2CC(=O)N(CCC(F)(F)F)C2)CCSCC1. The Morgan fingerprint density at radius 3 is 2.30 bits per heavy atom. The molecule has 6 nitrogen and oxygen atoms in total. The Morgan fingerprint density at radius 1 is 1.19 bits per heavy atom. The Bertz CT molecular complexity index is 598. The quantitative estimate of drug-likeness (QED) is 0.526. The summed E-state index contributed by atoms with van der Waals surface area (Å²) in [6.45, 7) is 4.08. The van der Waals surface area contributed by atoms with Crippen LogP contribution in [-0.4, -0.2) is 70.6 Å². The van der Waals surface area contributed by atoms with Crippen molar-refractivity contribution in [2.75, 3.05) is 31.3 Å². The third-order valence-electron chi connectivity index (χ3n) is 4.52. The van der Waals surface area contributed by atoms with Gasteiger partial charge in [0.25, 0.3) is 0 Å². The molecule has 0 unspecified atom stereocenters. The molecule has 0 aromatic heterocycles. The predicted octanol–water partition coefficient (Wildman–Crippen LogP) is 2.42. The number of esters is 1. The molecule has 0 bridgehead atoms. The molecule has 0 N–H and O–H groups in total. The smallest absolute Gasteiger partial charge is 0.390 e. The van der Waals surface area contributed by atoms with E-state index in [-0.39, 0.29) is 13.2 Å². The van der Waals surface area contributed by atoms with Crippen LogP contribution < -0.4 is 0 Å². The van der Waals surface area contributed by atoms with E-state index in [2.05, 4.69) is 0 Å². The zero-order valence-corrected chi connectivity index (χ0v) is 16.5. The molecule has 0 aliphatic carbocycles. The maximum absolute atomic E-state index is 13.2. The first-order chi connectivity index (χ1) is 12.3. The minimum absolute atomic E-state index is 0.231. The number of ether oxygens (including phenoxy) is 1. The van der Waals surface area contributed by atoms with Gasteiger partial charge in [-0.15, -0.1) is 0 Å². The highest BCUT2D eigenvalue weighted by atomic mass is 32.2. The molecule has 10 heteroatoms. The Labute approximate surface area is 160 Å². The molecular formula is C17H25F3N2O4S. The van der Waals surface area contributed by atoms with E-state index in [1.54, 1.807) is 32.5 Å². The average molecular weight is 410 g/mol. The maximum atomic E-state index is 13.2. The van der Waals surface area contributed by atoms with Crippen LogP contribution in [0.15, 0.2) is 0 Å². The third kappa shape index (κ3) is 5.52. The number of halogens is 3. The van der Waals surface area contributed by atoms with Crippen LogP contribution in [0.1, 0.15) is 40.0 Å². The van der Waals surface area contributed by atoms with E-state index in [0.717, 1.165) is 4.90 Å². The summed E-state index contributed by atoms with van der Waals surface area (Å²) in [5, 5.41) is 0. The molecular weight excluding hydrogens is 385 g/mol. The lowest BCUT2D eigenvalue weighted by molar-refractivity contribution is -0.175. The van der Waals surface area contributed by atoms with Gasteiger partial charge in [0.2, 0.25) is 11.8 Å². The van der Waals surface area contributed by atoms with Crippen molar-refractivity contribution < 1.29 is 32.3 Å². The van der Waals surface area contributed by atoms with Crippen LogP contribution in [0.25, 0.3) is 0 Å². The van der Waals surface area contributed by atoms with Gasteiger partial charge in [-0.2, -0.15) is 24.9 Å². The number of hydrogen-bond donors (Lipinski definition) is 0. The number of carbonyl (C=O) groups is 3. The second kappa shape index (κ2) is 7.89. The van der Waals surface area contributed by atoms with Crippen molar-refractivity contribution in [3.8, 4) is 0 Å². The van der Waals surface area contributed by atoms with E-state index in [4.69, 9.17) is 4.74 Å². The van der Waals surface area contributed by atoms with Gasteiger partial charge >= 0.3 is 12.1 Å². The molecule has 0 aromatic rings. The highest BCUT2D eigenvalue weighted by molar-refractivity contribution is 7.99. The average Bonchev–Trinajstić information content (AvgIpc) is 2.91. The molecule has 0 radical (unpaired) electrons. The van der Waals surface area contributed by atoms with Crippen molar-refractivity contribution >= 4 is 29.5 Å². The molecule has 2 aliphatic rings. The van der Waals surface area contributed by atoms with Crippen molar-refractivity contribution in [1.82, 2.24) is 9.80 Å². The largest absolute Gasteiger partial charge is 0.459 e. The van der Waals surface area contributed by atoms with E-state index >= 15 is 0 Å². The number of carbonyl (C=O) groups excluding carboxylic acids is 3. The summed E-state index contributed by atoms with van der Waals surface area (Å²) in [5.74, 6) is -0.492. The van der Waals surface area contributed by atoms with E-state index in [1.807, 2.05) is 0 Å². The molecule has 0 saturated carbocycles. The molecule has 2 fully saturated rings. The van der Waals surface area contributed by atoms with Crippen LogP contribution in [-0.2, 0) is 19.1 Å². The first-order valence-electron chi connectivity index (χ1n) is 8.79. The van der Waals surface area contributed by atoms with Gasteiger partial charge in [-0.25, -0.2) is 0 Å². The summed E-state index contributed by atoms with van der Waals surface area (Å²) < 4.78 is 42.7. The van der Waals surface area contributed by atoms with E-state index < -0.39 is 47.9 Å². The standard InChI is InChI=1S/C17H25F3N2O4S/c1-15(2,3)26-14(25)16(5-8-27-9-6-16)13(24)22-10-12(23)21(11-22)7-4-17(18,19)20/h4-11H2,1-3H3. The Balaban J connectivity index is 2.14. The Hall–Kier alpha value is -1.45. The zero-order chi connectivity index (χ0) is 20.5. The van der Waals surface area contributed by atoms with Gasteiger partial charge in [0.05, 0.1) is 13.1 Å². The van der Waals surface area contributed by atoms with Crippen molar-refractivity contribution in [3.63, 3.8) is 0 Å². The fourth-order valence-electron chi connectivity index (χ4n) is 3.09. The molecule has 2 rings (SSSR count). The second-order valence-corrected chi connectivity index (χ2v) is 9.09. The van der Waals surface area contributed by atoms with E-state index in [1.165, 1.54) is 4.90 Å². The summed E-state index contributed by atoms with van der Waals surface area (Å²) in [5.41, 5.74) is -2.15. The first-order valence-corrected chi connectivity index (χ1v) is 9.95. The highest BCUT2D eigenvalue weighted by Gasteiger charge is 2.52. The van der Waals surface area contributed by atoms with Crippen LogP contribution in [0.4, 0.5) is 13.2 Å². The lowest BCUT2D eigenvalue weighted by Gasteiger charge is -2.37. The number of amides is 2. The summed E-state index contributed by atoms with van der Waals surface area (Å²) >= 11 is 1.62. The first kappa shape index (κ1) is 21.8. The molecule has 0 spiro atoms. The molecule has 27 heavy (non-hydrogen) atoms. The zero-order valence-electron chi connectivity index (χ0n) is 15.7. The molecule has 154 valence electrons. The molecule has 2 amide bonds. The van der Waals surface area contributed by atoms with Crippen molar-refractivity contribution in [2.45, 2.75) is 51.8 Å². The van der Waals surface area contributed by atoms with Crippen LogP contribution in [0.3, 0.4) is 0 Å². The number of thioether (sulfide) groups is 1. The van der Waals surface area contributed by atoms with Crippen LogP contribution >= 0.6 is 11.8 Å². The minimum Gasteiger partial charge on any atom is -0.459 e. The van der Waals surface area contributed by atoms with Crippen LogP contribution in [0.2, 0.25) is 0 Å². The molecule has 0 atom stereocenters. The van der Waals surface area contributed by atoms with Gasteiger partial charge in [-0.1, -0.05) is 0 Å². The van der Waals surface area contributed by atoms with Gasteiger partial charge < -0.3 is 14.5 Å².